The van der Waals surface area contributed by atoms with Crippen molar-refractivity contribution in [3.8, 4) is 0 Å². The first-order chi connectivity index (χ1) is 7.06. The molecule has 0 bridgehead atoms. The third kappa shape index (κ3) is 3.00. The number of rotatable bonds is 5. The van der Waals surface area contributed by atoms with E-state index in [1.165, 1.54) is 10.8 Å². The van der Waals surface area contributed by atoms with Gasteiger partial charge in [-0.1, -0.05) is 15.9 Å². The number of aryl methyl sites for hydroxylation is 1. The van der Waals surface area contributed by atoms with Crippen LogP contribution in [0.4, 0.5) is 5.82 Å². The summed E-state index contributed by atoms with van der Waals surface area (Å²) in [5.74, 6) is 0.455. The largest absolute Gasteiger partial charge is 0.389 e. The Morgan fingerprint density at radius 2 is 2.47 bits per heavy atom. The molecule has 0 amide bonds. The molecule has 1 aromatic rings. The summed E-state index contributed by atoms with van der Waals surface area (Å²) in [7, 11) is 0. The van der Waals surface area contributed by atoms with E-state index in [0.29, 0.717) is 17.6 Å². The van der Waals surface area contributed by atoms with Crippen molar-refractivity contribution in [2.24, 2.45) is 0 Å². The predicted octanol–water partition coefficient (Wildman–Crippen LogP) is 1.25. The first kappa shape index (κ1) is 12.1. The van der Waals surface area contributed by atoms with Crippen molar-refractivity contribution in [2.75, 3.05) is 5.33 Å². The number of aliphatic hydroxyl groups excluding tert-OH is 1. The van der Waals surface area contributed by atoms with Crippen LogP contribution in [0.3, 0.4) is 0 Å². The molecule has 0 aliphatic carbocycles. The van der Waals surface area contributed by atoms with Crippen LogP contribution in [-0.2, 0) is 6.54 Å². The summed E-state index contributed by atoms with van der Waals surface area (Å²) in [4.78, 5) is 14.0. The van der Waals surface area contributed by atoms with Gasteiger partial charge < -0.3 is 15.2 Å². The van der Waals surface area contributed by atoms with Crippen LogP contribution in [0.25, 0.3) is 0 Å². The van der Waals surface area contributed by atoms with Crippen LogP contribution >= 0.6 is 15.9 Å². The molecule has 0 aromatic carbocycles. The van der Waals surface area contributed by atoms with Crippen molar-refractivity contribution in [2.45, 2.75) is 26.0 Å². The van der Waals surface area contributed by atoms with Crippen LogP contribution < -0.4 is 0 Å². The molecule has 1 heterocycles. The van der Waals surface area contributed by atoms with Gasteiger partial charge in [-0.2, -0.15) is 0 Å². The van der Waals surface area contributed by atoms with Crippen LogP contribution in [0.5, 0.6) is 0 Å². The second-order valence-corrected chi connectivity index (χ2v) is 3.96. The number of aliphatic hydroxyl groups is 1. The van der Waals surface area contributed by atoms with Crippen molar-refractivity contribution < 1.29 is 10.0 Å². The highest BCUT2D eigenvalue weighted by Crippen LogP contribution is 2.15. The first-order valence-electron chi connectivity index (χ1n) is 4.46. The highest BCUT2D eigenvalue weighted by Gasteiger charge is 2.19. The molecule has 1 rings (SSSR count). The van der Waals surface area contributed by atoms with E-state index in [2.05, 4.69) is 20.9 Å². The molecule has 1 aromatic heterocycles. The van der Waals surface area contributed by atoms with Crippen LogP contribution in [0, 0.1) is 17.0 Å². The van der Waals surface area contributed by atoms with Crippen molar-refractivity contribution in [3.63, 3.8) is 0 Å². The van der Waals surface area contributed by atoms with Gasteiger partial charge in [0.1, 0.15) is 12.7 Å². The lowest BCUT2D eigenvalue weighted by Gasteiger charge is -2.08. The maximum absolute atomic E-state index is 10.6. The molecule has 0 aliphatic heterocycles. The van der Waals surface area contributed by atoms with Crippen LogP contribution in [0.1, 0.15) is 12.2 Å². The normalized spacial score (nSPS) is 12.7. The number of imidazole rings is 1. The van der Waals surface area contributed by atoms with Crippen molar-refractivity contribution >= 4 is 21.7 Å². The molecule has 6 nitrogen and oxygen atoms in total. The summed E-state index contributed by atoms with van der Waals surface area (Å²) in [6.45, 7) is 1.88. The molecule has 0 saturated heterocycles. The maximum atomic E-state index is 10.6. The Bertz CT molecular complexity index is 353. The minimum atomic E-state index is -0.601. The SMILES string of the molecule is Cc1ncc([N+](=O)[O-])n1CC(O)CCBr. The minimum absolute atomic E-state index is 0.0823. The zero-order valence-corrected chi connectivity index (χ0v) is 9.85. The highest BCUT2D eigenvalue weighted by atomic mass is 79.9. The fourth-order valence-corrected chi connectivity index (χ4v) is 1.78. The van der Waals surface area contributed by atoms with Gasteiger partial charge in [-0.15, -0.1) is 0 Å². The van der Waals surface area contributed by atoms with Crippen molar-refractivity contribution in [1.82, 2.24) is 9.55 Å². The standard InChI is InChI=1S/C8H12BrN3O3/c1-6-10-4-8(12(14)15)11(6)5-7(13)2-3-9/h4,7,13H,2-3,5H2,1H3. The summed E-state index contributed by atoms with van der Waals surface area (Å²) in [6, 6.07) is 0. The van der Waals surface area contributed by atoms with E-state index >= 15 is 0 Å². The van der Waals surface area contributed by atoms with Gasteiger partial charge in [-0.05, 0) is 11.3 Å². The van der Waals surface area contributed by atoms with Crippen LogP contribution in [0.2, 0.25) is 0 Å². The topological polar surface area (TPSA) is 81.2 Å². The number of hydrogen-bond acceptors (Lipinski definition) is 4. The smallest absolute Gasteiger partial charge is 0.342 e. The summed E-state index contributed by atoms with van der Waals surface area (Å²) >= 11 is 3.20. The van der Waals surface area contributed by atoms with E-state index in [1.54, 1.807) is 6.92 Å². The summed E-state index contributed by atoms with van der Waals surface area (Å²) in [5, 5.41) is 20.8. The van der Waals surface area contributed by atoms with Gasteiger partial charge in [0.25, 0.3) is 0 Å². The zero-order valence-electron chi connectivity index (χ0n) is 8.26. The average Bonchev–Trinajstić information content (AvgIpc) is 2.48. The van der Waals surface area contributed by atoms with E-state index in [4.69, 9.17) is 0 Å². The fourth-order valence-electron chi connectivity index (χ4n) is 1.26. The van der Waals surface area contributed by atoms with Gasteiger partial charge in [0.15, 0.2) is 5.82 Å². The van der Waals surface area contributed by atoms with Gasteiger partial charge in [-0.3, -0.25) is 0 Å². The lowest BCUT2D eigenvalue weighted by atomic mass is 10.3. The number of nitro groups is 1. The third-order valence-electron chi connectivity index (χ3n) is 2.06. The molecule has 1 unspecified atom stereocenters. The zero-order chi connectivity index (χ0) is 11.4. The third-order valence-corrected chi connectivity index (χ3v) is 2.51. The molecule has 15 heavy (non-hydrogen) atoms. The maximum Gasteiger partial charge on any atom is 0.342 e. The molecule has 7 heteroatoms. The predicted molar refractivity (Wildman–Crippen MR) is 58.0 cm³/mol. The molecule has 1 atom stereocenters. The van der Waals surface area contributed by atoms with Crippen LogP contribution in [0.15, 0.2) is 6.20 Å². The number of hydrogen-bond donors (Lipinski definition) is 1. The Kier molecular flexibility index (Phi) is 4.22. The van der Waals surface area contributed by atoms with E-state index < -0.39 is 11.0 Å². The van der Waals surface area contributed by atoms with Crippen LogP contribution in [-0.4, -0.2) is 31.0 Å². The number of nitrogens with zero attached hydrogens (tertiary/aromatic N) is 3. The average molecular weight is 278 g/mol. The molecule has 0 fully saturated rings. The van der Waals surface area contributed by atoms with Crippen molar-refractivity contribution in [3.05, 3.63) is 22.1 Å². The second kappa shape index (κ2) is 5.22. The van der Waals surface area contributed by atoms with Gasteiger partial charge in [-0.25, -0.2) is 9.55 Å². The summed E-state index contributed by atoms with van der Waals surface area (Å²) in [5.41, 5.74) is 0. The number of halogens is 1. The molecule has 0 spiro atoms. The van der Waals surface area contributed by atoms with E-state index in [9.17, 15) is 15.2 Å². The molecular formula is C8H12BrN3O3. The Hall–Kier alpha value is -0.950. The van der Waals surface area contributed by atoms with E-state index in [-0.39, 0.29) is 12.4 Å². The molecule has 0 saturated carbocycles. The van der Waals surface area contributed by atoms with Gasteiger partial charge >= 0.3 is 5.82 Å². The first-order valence-corrected chi connectivity index (χ1v) is 5.59. The molecule has 0 radical (unpaired) electrons. The lowest BCUT2D eigenvalue weighted by Crippen LogP contribution is -2.18. The molecule has 1 N–H and O–H groups in total. The van der Waals surface area contributed by atoms with Gasteiger partial charge in [0, 0.05) is 12.3 Å². The Morgan fingerprint density at radius 3 is 3.00 bits per heavy atom. The summed E-state index contributed by atoms with van der Waals surface area (Å²) in [6.07, 6.45) is 1.15. The fraction of sp³-hybridized carbons (Fsp3) is 0.625. The minimum Gasteiger partial charge on any atom is -0.389 e. The number of alkyl halides is 1. The molecule has 84 valence electrons. The van der Waals surface area contributed by atoms with Gasteiger partial charge in [0.2, 0.25) is 0 Å². The number of aromatic nitrogens is 2. The summed E-state index contributed by atoms with van der Waals surface area (Å²) < 4.78 is 1.41. The lowest BCUT2D eigenvalue weighted by molar-refractivity contribution is -0.392. The van der Waals surface area contributed by atoms with E-state index in [1.807, 2.05) is 0 Å². The Labute approximate surface area is 95.2 Å². The van der Waals surface area contributed by atoms with E-state index in [0.717, 1.165) is 0 Å². The molecule has 0 aliphatic rings. The highest BCUT2D eigenvalue weighted by molar-refractivity contribution is 9.09. The quantitative estimate of drug-likeness (QED) is 0.499. The Balaban J connectivity index is 2.83. The van der Waals surface area contributed by atoms with Gasteiger partial charge in [0.05, 0.1) is 6.10 Å². The molecular weight excluding hydrogens is 266 g/mol. The Morgan fingerprint density at radius 1 is 1.80 bits per heavy atom. The van der Waals surface area contributed by atoms with Crippen molar-refractivity contribution in [1.29, 1.82) is 0 Å². The monoisotopic (exact) mass is 277 g/mol. The second-order valence-electron chi connectivity index (χ2n) is 3.16.